The first-order valence-electron chi connectivity index (χ1n) is 6.35. The SMILES string of the molecule is O=C1CCCC2=C1C1Cc3ccccc3C1O2. The second kappa shape index (κ2) is 3.22. The Bertz CT molecular complexity index is 542. The van der Waals surface area contributed by atoms with Crippen LogP contribution < -0.4 is 0 Å². The Labute approximate surface area is 100 Å². The molecule has 0 saturated heterocycles. The molecule has 17 heavy (non-hydrogen) atoms. The van der Waals surface area contributed by atoms with Gasteiger partial charge in [-0.1, -0.05) is 24.3 Å². The average Bonchev–Trinajstić information content (AvgIpc) is 2.85. The van der Waals surface area contributed by atoms with Crippen molar-refractivity contribution >= 4 is 5.78 Å². The van der Waals surface area contributed by atoms with Crippen LogP contribution in [0.25, 0.3) is 0 Å². The first-order valence-corrected chi connectivity index (χ1v) is 6.35. The predicted molar refractivity (Wildman–Crippen MR) is 63.3 cm³/mol. The summed E-state index contributed by atoms with van der Waals surface area (Å²) in [5, 5.41) is 0. The van der Waals surface area contributed by atoms with Crippen molar-refractivity contribution in [3.05, 3.63) is 46.7 Å². The highest BCUT2D eigenvalue weighted by atomic mass is 16.5. The summed E-state index contributed by atoms with van der Waals surface area (Å²) >= 11 is 0. The second-order valence-corrected chi connectivity index (χ2v) is 5.16. The molecule has 0 bridgehead atoms. The zero-order valence-corrected chi connectivity index (χ0v) is 9.61. The van der Waals surface area contributed by atoms with Crippen LogP contribution in [0.2, 0.25) is 0 Å². The molecular weight excluding hydrogens is 212 g/mol. The van der Waals surface area contributed by atoms with Gasteiger partial charge >= 0.3 is 0 Å². The number of Topliss-reactive ketones (excluding diaryl/α,β-unsaturated/α-hetero) is 1. The lowest BCUT2D eigenvalue weighted by molar-refractivity contribution is -0.116. The van der Waals surface area contributed by atoms with E-state index in [1.165, 1.54) is 11.1 Å². The van der Waals surface area contributed by atoms with E-state index >= 15 is 0 Å². The number of carbonyl (C=O) groups is 1. The van der Waals surface area contributed by atoms with Crippen LogP contribution in [0.5, 0.6) is 0 Å². The molecule has 2 heteroatoms. The van der Waals surface area contributed by atoms with Gasteiger partial charge in [0.2, 0.25) is 0 Å². The molecule has 1 heterocycles. The van der Waals surface area contributed by atoms with Gasteiger partial charge in [-0.2, -0.15) is 0 Å². The van der Waals surface area contributed by atoms with Gasteiger partial charge in [0.25, 0.3) is 0 Å². The Morgan fingerprint density at radius 1 is 1.18 bits per heavy atom. The molecule has 2 nitrogen and oxygen atoms in total. The minimum absolute atomic E-state index is 0.123. The van der Waals surface area contributed by atoms with Crippen molar-refractivity contribution in [2.24, 2.45) is 5.92 Å². The average molecular weight is 226 g/mol. The molecule has 1 aromatic rings. The Hall–Kier alpha value is -1.57. The third kappa shape index (κ3) is 1.18. The summed E-state index contributed by atoms with van der Waals surface area (Å²) in [5.41, 5.74) is 3.66. The number of hydrogen-bond acceptors (Lipinski definition) is 2. The van der Waals surface area contributed by atoms with Gasteiger partial charge in [0, 0.05) is 24.3 Å². The van der Waals surface area contributed by atoms with Gasteiger partial charge < -0.3 is 4.74 Å². The van der Waals surface area contributed by atoms with E-state index in [0.29, 0.717) is 18.1 Å². The standard InChI is InChI=1S/C15H14O2/c16-12-6-3-7-13-14(12)11-8-9-4-1-2-5-10(9)15(11)17-13/h1-2,4-5,11,15H,3,6-8H2. The third-order valence-electron chi connectivity index (χ3n) is 4.22. The lowest BCUT2D eigenvalue weighted by Gasteiger charge is -2.14. The Kier molecular flexibility index (Phi) is 1.79. The van der Waals surface area contributed by atoms with Gasteiger partial charge in [0.15, 0.2) is 5.78 Å². The largest absolute Gasteiger partial charge is 0.489 e. The van der Waals surface area contributed by atoms with E-state index in [1.807, 2.05) is 0 Å². The van der Waals surface area contributed by atoms with Gasteiger partial charge in [0.05, 0.1) is 0 Å². The van der Waals surface area contributed by atoms with E-state index in [-0.39, 0.29) is 6.10 Å². The molecule has 0 amide bonds. The molecule has 1 aromatic carbocycles. The van der Waals surface area contributed by atoms with Crippen molar-refractivity contribution in [3.8, 4) is 0 Å². The van der Waals surface area contributed by atoms with E-state index in [2.05, 4.69) is 24.3 Å². The molecule has 0 radical (unpaired) electrons. The highest BCUT2D eigenvalue weighted by molar-refractivity contribution is 5.98. The molecule has 2 aliphatic carbocycles. The maximum atomic E-state index is 12.0. The third-order valence-corrected chi connectivity index (χ3v) is 4.22. The van der Waals surface area contributed by atoms with Crippen LogP contribution in [0, 0.1) is 5.92 Å². The maximum Gasteiger partial charge on any atom is 0.162 e. The number of carbonyl (C=O) groups excluding carboxylic acids is 1. The van der Waals surface area contributed by atoms with Crippen molar-refractivity contribution in [2.45, 2.75) is 31.8 Å². The summed E-state index contributed by atoms with van der Waals surface area (Å²) in [6, 6.07) is 8.43. The fraction of sp³-hybridized carbons (Fsp3) is 0.400. The van der Waals surface area contributed by atoms with Crippen LogP contribution >= 0.6 is 0 Å². The highest BCUT2D eigenvalue weighted by Crippen LogP contribution is 2.51. The number of allylic oxidation sites excluding steroid dienone is 1. The van der Waals surface area contributed by atoms with E-state index < -0.39 is 0 Å². The molecule has 0 spiro atoms. The summed E-state index contributed by atoms with van der Waals surface area (Å²) in [5.74, 6) is 1.62. The van der Waals surface area contributed by atoms with Crippen molar-refractivity contribution in [2.75, 3.05) is 0 Å². The highest BCUT2D eigenvalue weighted by Gasteiger charge is 2.46. The molecule has 2 atom stereocenters. The summed E-state index contributed by atoms with van der Waals surface area (Å²) in [4.78, 5) is 12.0. The summed E-state index contributed by atoms with van der Waals surface area (Å²) in [6.07, 6.45) is 3.72. The summed E-state index contributed by atoms with van der Waals surface area (Å²) in [7, 11) is 0. The van der Waals surface area contributed by atoms with Crippen LogP contribution in [0.15, 0.2) is 35.6 Å². The lowest BCUT2D eigenvalue weighted by Crippen LogP contribution is -2.15. The molecule has 3 aliphatic rings. The molecule has 4 rings (SSSR count). The first kappa shape index (κ1) is 9.46. The van der Waals surface area contributed by atoms with Crippen LogP contribution in [0.4, 0.5) is 0 Å². The molecule has 1 aliphatic heterocycles. The summed E-state index contributed by atoms with van der Waals surface area (Å²) < 4.78 is 6.04. The molecular formula is C15H14O2. The number of rotatable bonds is 0. The van der Waals surface area contributed by atoms with Crippen LogP contribution in [-0.2, 0) is 16.0 Å². The fourth-order valence-electron chi connectivity index (χ4n) is 3.48. The smallest absolute Gasteiger partial charge is 0.162 e. The van der Waals surface area contributed by atoms with E-state index in [0.717, 1.165) is 30.6 Å². The Morgan fingerprint density at radius 3 is 3.00 bits per heavy atom. The number of fused-ring (bicyclic) bond motifs is 4. The predicted octanol–water partition coefficient (Wildman–Crippen LogP) is 2.94. The van der Waals surface area contributed by atoms with Gasteiger partial charge in [0.1, 0.15) is 11.9 Å². The van der Waals surface area contributed by atoms with Crippen molar-refractivity contribution in [3.63, 3.8) is 0 Å². The zero-order chi connectivity index (χ0) is 11.4. The van der Waals surface area contributed by atoms with Crippen molar-refractivity contribution in [1.82, 2.24) is 0 Å². The van der Waals surface area contributed by atoms with Gasteiger partial charge in [-0.3, -0.25) is 4.79 Å². The minimum Gasteiger partial charge on any atom is -0.489 e. The van der Waals surface area contributed by atoms with Gasteiger partial charge in [-0.05, 0) is 24.0 Å². The lowest BCUT2D eigenvalue weighted by atomic mass is 9.86. The molecule has 0 N–H and O–H groups in total. The number of hydrogen-bond donors (Lipinski definition) is 0. The summed E-state index contributed by atoms with van der Waals surface area (Å²) in [6.45, 7) is 0. The number of ketones is 1. The Balaban J connectivity index is 1.79. The molecule has 86 valence electrons. The van der Waals surface area contributed by atoms with Crippen LogP contribution in [-0.4, -0.2) is 5.78 Å². The van der Waals surface area contributed by atoms with Gasteiger partial charge in [-0.15, -0.1) is 0 Å². The quantitative estimate of drug-likeness (QED) is 0.680. The van der Waals surface area contributed by atoms with Crippen molar-refractivity contribution < 1.29 is 9.53 Å². The van der Waals surface area contributed by atoms with E-state index in [1.54, 1.807) is 0 Å². The zero-order valence-electron chi connectivity index (χ0n) is 9.61. The number of benzene rings is 1. The normalized spacial score (nSPS) is 29.8. The minimum atomic E-state index is 0.123. The topological polar surface area (TPSA) is 26.3 Å². The fourth-order valence-corrected chi connectivity index (χ4v) is 3.48. The van der Waals surface area contributed by atoms with E-state index in [9.17, 15) is 4.79 Å². The van der Waals surface area contributed by atoms with Crippen LogP contribution in [0.3, 0.4) is 0 Å². The van der Waals surface area contributed by atoms with Crippen molar-refractivity contribution in [1.29, 1.82) is 0 Å². The molecule has 0 aromatic heterocycles. The molecule has 0 saturated carbocycles. The molecule has 0 fully saturated rings. The first-order chi connectivity index (χ1) is 8.34. The second-order valence-electron chi connectivity index (χ2n) is 5.16. The number of ether oxygens (including phenoxy) is 1. The Morgan fingerprint density at radius 2 is 2.06 bits per heavy atom. The van der Waals surface area contributed by atoms with E-state index in [4.69, 9.17) is 4.74 Å². The van der Waals surface area contributed by atoms with Crippen LogP contribution in [0.1, 0.15) is 36.5 Å². The maximum absolute atomic E-state index is 12.0. The monoisotopic (exact) mass is 226 g/mol. The molecule has 2 unspecified atom stereocenters. The van der Waals surface area contributed by atoms with Gasteiger partial charge in [-0.25, -0.2) is 0 Å².